The minimum atomic E-state index is -3.58. The Morgan fingerprint density at radius 1 is 1.47 bits per heavy atom. The van der Waals surface area contributed by atoms with E-state index in [-0.39, 0.29) is 23.1 Å². The van der Waals surface area contributed by atoms with Crippen LogP contribution in [0.15, 0.2) is 18.2 Å². The molecule has 19 heavy (non-hydrogen) atoms. The molecule has 0 atom stereocenters. The van der Waals surface area contributed by atoms with Crippen molar-refractivity contribution in [3.05, 3.63) is 35.1 Å². The first kappa shape index (κ1) is 14.3. The number of thiocarbonyl (C=S) groups is 1. The van der Waals surface area contributed by atoms with E-state index in [1.807, 2.05) is 0 Å². The Bertz CT molecular complexity index is 600. The van der Waals surface area contributed by atoms with Crippen molar-refractivity contribution in [2.24, 2.45) is 5.73 Å². The molecule has 104 valence electrons. The van der Waals surface area contributed by atoms with Gasteiger partial charge < -0.3 is 5.73 Å². The molecule has 0 saturated heterocycles. The summed E-state index contributed by atoms with van der Waals surface area (Å²) in [6, 6.07) is 4.23. The maximum atomic E-state index is 13.7. The molecule has 0 aliphatic heterocycles. The number of nitrogens with one attached hydrogen (secondary N) is 2. The molecule has 1 aromatic rings. The van der Waals surface area contributed by atoms with Crippen LogP contribution in [-0.4, -0.2) is 19.4 Å². The van der Waals surface area contributed by atoms with Crippen molar-refractivity contribution in [1.29, 1.82) is 0 Å². The van der Waals surface area contributed by atoms with E-state index < -0.39 is 16.0 Å². The minimum Gasteiger partial charge on any atom is -0.389 e. The first-order chi connectivity index (χ1) is 8.87. The van der Waals surface area contributed by atoms with E-state index in [2.05, 4.69) is 9.44 Å². The zero-order chi connectivity index (χ0) is 14.0. The minimum absolute atomic E-state index is 0.0133. The second kappa shape index (κ2) is 5.49. The van der Waals surface area contributed by atoms with Crippen LogP contribution in [0.3, 0.4) is 0 Å². The number of halogens is 1. The first-order valence-electron chi connectivity index (χ1n) is 5.72. The van der Waals surface area contributed by atoms with Crippen molar-refractivity contribution in [2.75, 3.05) is 0 Å². The van der Waals surface area contributed by atoms with Gasteiger partial charge in [0.25, 0.3) is 10.2 Å². The summed E-state index contributed by atoms with van der Waals surface area (Å²) in [7, 11) is -3.58. The molecule has 1 saturated carbocycles. The fourth-order valence-electron chi connectivity index (χ4n) is 1.48. The van der Waals surface area contributed by atoms with E-state index in [1.54, 1.807) is 6.07 Å². The van der Waals surface area contributed by atoms with Crippen LogP contribution in [0.4, 0.5) is 4.39 Å². The number of benzene rings is 1. The molecule has 8 heteroatoms. The molecule has 0 aromatic heterocycles. The fourth-order valence-corrected chi connectivity index (χ4v) is 2.71. The van der Waals surface area contributed by atoms with Crippen LogP contribution in [0.1, 0.15) is 24.0 Å². The zero-order valence-electron chi connectivity index (χ0n) is 10.0. The lowest BCUT2D eigenvalue weighted by molar-refractivity contribution is 0.560. The largest absolute Gasteiger partial charge is 0.389 e. The summed E-state index contributed by atoms with van der Waals surface area (Å²) < 4.78 is 41.5. The van der Waals surface area contributed by atoms with Crippen molar-refractivity contribution < 1.29 is 12.8 Å². The standard InChI is InChI=1S/C11H14FN3O2S2/c12-10-5-7(11(13)18)1-2-8(10)6-14-19(16,17)15-9-3-4-9/h1-2,5,9,14-15H,3-4,6H2,(H2,13,18). The Kier molecular flexibility index (Phi) is 4.14. The Balaban J connectivity index is 2.01. The molecule has 0 unspecified atom stereocenters. The average molecular weight is 303 g/mol. The van der Waals surface area contributed by atoms with E-state index in [1.165, 1.54) is 12.1 Å². The van der Waals surface area contributed by atoms with Gasteiger partial charge in [0, 0.05) is 23.7 Å². The zero-order valence-corrected chi connectivity index (χ0v) is 11.7. The topological polar surface area (TPSA) is 84.2 Å². The number of nitrogens with two attached hydrogens (primary N) is 1. The number of hydrogen-bond donors (Lipinski definition) is 3. The molecular weight excluding hydrogens is 289 g/mol. The predicted molar refractivity (Wildman–Crippen MR) is 74.2 cm³/mol. The smallest absolute Gasteiger partial charge is 0.277 e. The van der Waals surface area contributed by atoms with E-state index in [4.69, 9.17) is 18.0 Å². The van der Waals surface area contributed by atoms with Gasteiger partial charge >= 0.3 is 0 Å². The lowest BCUT2D eigenvalue weighted by Crippen LogP contribution is -2.37. The van der Waals surface area contributed by atoms with Crippen LogP contribution >= 0.6 is 12.2 Å². The van der Waals surface area contributed by atoms with Crippen molar-refractivity contribution in [3.63, 3.8) is 0 Å². The summed E-state index contributed by atoms with van der Waals surface area (Å²) in [6.07, 6.45) is 1.69. The maximum absolute atomic E-state index is 13.7. The van der Waals surface area contributed by atoms with Gasteiger partial charge in [-0.2, -0.15) is 17.9 Å². The third-order valence-corrected chi connectivity index (χ3v) is 4.09. The highest BCUT2D eigenvalue weighted by Gasteiger charge is 2.26. The quantitative estimate of drug-likeness (QED) is 0.670. The highest BCUT2D eigenvalue weighted by Crippen LogP contribution is 2.19. The van der Waals surface area contributed by atoms with Crippen LogP contribution in [0, 0.1) is 5.82 Å². The molecule has 0 bridgehead atoms. The molecule has 0 spiro atoms. The molecule has 0 heterocycles. The van der Waals surface area contributed by atoms with Crippen molar-refractivity contribution >= 4 is 27.4 Å². The molecule has 1 aliphatic carbocycles. The predicted octanol–water partition coefficient (Wildman–Crippen LogP) is 0.546. The highest BCUT2D eigenvalue weighted by molar-refractivity contribution is 7.87. The van der Waals surface area contributed by atoms with Gasteiger partial charge in [0.1, 0.15) is 10.8 Å². The number of rotatable bonds is 6. The summed E-state index contributed by atoms with van der Waals surface area (Å²) in [5.74, 6) is -0.542. The normalized spacial score (nSPS) is 15.4. The summed E-state index contributed by atoms with van der Waals surface area (Å²) in [5, 5.41) is 0. The molecule has 0 radical (unpaired) electrons. The third-order valence-electron chi connectivity index (χ3n) is 2.69. The van der Waals surface area contributed by atoms with Crippen LogP contribution in [0.5, 0.6) is 0 Å². The Morgan fingerprint density at radius 3 is 2.68 bits per heavy atom. The Morgan fingerprint density at radius 2 is 2.16 bits per heavy atom. The second-order valence-electron chi connectivity index (χ2n) is 4.39. The first-order valence-corrected chi connectivity index (χ1v) is 7.62. The van der Waals surface area contributed by atoms with Gasteiger partial charge in [-0.1, -0.05) is 24.4 Å². The van der Waals surface area contributed by atoms with Gasteiger partial charge in [-0.05, 0) is 18.9 Å². The van der Waals surface area contributed by atoms with Crippen molar-refractivity contribution in [2.45, 2.75) is 25.4 Å². The van der Waals surface area contributed by atoms with Crippen LogP contribution in [0.25, 0.3) is 0 Å². The van der Waals surface area contributed by atoms with Crippen molar-refractivity contribution in [3.8, 4) is 0 Å². The molecular formula is C11H14FN3O2S2. The van der Waals surface area contributed by atoms with E-state index in [0.717, 1.165) is 12.8 Å². The molecule has 0 amide bonds. The monoisotopic (exact) mass is 303 g/mol. The summed E-state index contributed by atoms with van der Waals surface area (Å²) in [6.45, 7) is -0.120. The molecule has 2 rings (SSSR count). The van der Waals surface area contributed by atoms with Gasteiger partial charge in [-0.3, -0.25) is 0 Å². The fraction of sp³-hybridized carbons (Fsp3) is 0.364. The van der Waals surface area contributed by atoms with Gasteiger partial charge in [0.2, 0.25) is 0 Å². The molecule has 4 N–H and O–H groups in total. The second-order valence-corrected chi connectivity index (χ2v) is 6.36. The van der Waals surface area contributed by atoms with Gasteiger partial charge in [0.15, 0.2) is 0 Å². The highest BCUT2D eigenvalue weighted by atomic mass is 32.2. The van der Waals surface area contributed by atoms with Crippen LogP contribution in [-0.2, 0) is 16.8 Å². The van der Waals surface area contributed by atoms with Gasteiger partial charge in [-0.15, -0.1) is 0 Å². The van der Waals surface area contributed by atoms with Crippen molar-refractivity contribution in [1.82, 2.24) is 9.44 Å². The van der Waals surface area contributed by atoms with E-state index >= 15 is 0 Å². The average Bonchev–Trinajstić information content (AvgIpc) is 3.10. The molecule has 1 fully saturated rings. The van der Waals surface area contributed by atoms with Crippen LogP contribution < -0.4 is 15.2 Å². The Hall–Kier alpha value is -1.09. The Labute approximate surface area is 116 Å². The molecule has 5 nitrogen and oxygen atoms in total. The third kappa shape index (κ3) is 4.20. The lowest BCUT2D eigenvalue weighted by atomic mass is 10.1. The van der Waals surface area contributed by atoms with Gasteiger partial charge in [0.05, 0.1) is 0 Å². The van der Waals surface area contributed by atoms with E-state index in [9.17, 15) is 12.8 Å². The number of hydrogen-bond acceptors (Lipinski definition) is 3. The van der Waals surface area contributed by atoms with Gasteiger partial charge in [-0.25, -0.2) is 4.39 Å². The van der Waals surface area contributed by atoms with E-state index in [0.29, 0.717) is 5.56 Å². The summed E-state index contributed by atoms with van der Waals surface area (Å²) in [4.78, 5) is 0.0985. The lowest BCUT2D eigenvalue weighted by Gasteiger charge is -2.09. The maximum Gasteiger partial charge on any atom is 0.277 e. The molecule has 1 aromatic carbocycles. The molecule has 1 aliphatic rings. The summed E-state index contributed by atoms with van der Waals surface area (Å²) in [5.41, 5.74) is 6.03. The SMILES string of the molecule is NC(=S)c1ccc(CNS(=O)(=O)NC2CC2)c(F)c1. The summed E-state index contributed by atoms with van der Waals surface area (Å²) >= 11 is 4.73. The van der Waals surface area contributed by atoms with Crippen LogP contribution in [0.2, 0.25) is 0 Å².